The lowest BCUT2D eigenvalue weighted by Crippen LogP contribution is -2.19. The Balaban J connectivity index is 2.20. The molecule has 12 heavy (non-hydrogen) atoms. The number of carboxylic acids is 1. The third-order valence-corrected chi connectivity index (χ3v) is 3.38. The van der Waals surface area contributed by atoms with Gasteiger partial charge in [-0.15, -0.1) is 11.8 Å². The van der Waals surface area contributed by atoms with E-state index < -0.39 is 5.97 Å². The Bertz CT molecular complexity index is 283. The lowest BCUT2D eigenvalue weighted by molar-refractivity contribution is -0.129. The second-order valence-electron chi connectivity index (χ2n) is 2.95. The van der Waals surface area contributed by atoms with E-state index in [4.69, 9.17) is 5.11 Å². The van der Waals surface area contributed by atoms with Crippen molar-refractivity contribution in [1.29, 1.82) is 0 Å². The summed E-state index contributed by atoms with van der Waals surface area (Å²) in [6, 6.07) is 0. The van der Waals surface area contributed by atoms with Crippen molar-refractivity contribution in [3.05, 3.63) is 11.1 Å². The van der Waals surface area contributed by atoms with E-state index in [9.17, 15) is 4.79 Å². The van der Waals surface area contributed by atoms with Crippen LogP contribution in [0.3, 0.4) is 0 Å². The van der Waals surface area contributed by atoms with Crippen LogP contribution in [0.2, 0.25) is 0 Å². The van der Waals surface area contributed by atoms with E-state index in [1.165, 1.54) is 4.91 Å². The highest BCUT2D eigenvalue weighted by atomic mass is 32.2. The van der Waals surface area contributed by atoms with Crippen molar-refractivity contribution in [2.45, 2.75) is 12.8 Å². The van der Waals surface area contributed by atoms with Gasteiger partial charge >= 0.3 is 5.97 Å². The summed E-state index contributed by atoms with van der Waals surface area (Å²) < 4.78 is 0. The molecule has 0 saturated carbocycles. The number of carbonyl (C=O) groups is 1. The van der Waals surface area contributed by atoms with Crippen LogP contribution in [0.1, 0.15) is 12.8 Å². The highest BCUT2D eigenvalue weighted by Crippen LogP contribution is 2.40. The Labute approximate surface area is 74.6 Å². The van der Waals surface area contributed by atoms with E-state index >= 15 is 0 Å². The summed E-state index contributed by atoms with van der Waals surface area (Å²) in [6.07, 6.45) is 3.44. The number of thioether (sulfide) groups is 1. The minimum absolute atomic E-state index is 0.311. The first kappa shape index (κ1) is 7.86. The molecule has 1 N–H and O–H groups in total. The molecule has 1 saturated heterocycles. The van der Waals surface area contributed by atoms with E-state index in [2.05, 4.69) is 4.99 Å². The molecule has 0 amide bonds. The molecular weight excluding hydrogens is 174 g/mol. The van der Waals surface area contributed by atoms with Gasteiger partial charge in [0, 0.05) is 17.5 Å². The number of hydrogen-bond acceptors (Lipinski definition) is 3. The van der Waals surface area contributed by atoms with Crippen LogP contribution in [-0.4, -0.2) is 22.5 Å². The van der Waals surface area contributed by atoms with E-state index in [1.54, 1.807) is 18.0 Å². The number of aliphatic imine (C=N–C) groups is 1. The maximum absolute atomic E-state index is 10.6. The molecule has 1 unspecified atom stereocenters. The van der Waals surface area contributed by atoms with Crippen LogP contribution >= 0.6 is 11.8 Å². The number of nitrogens with zero attached hydrogens (tertiary/aromatic N) is 1. The molecule has 0 spiro atoms. The number of rotatable bonds is 1. The fourth-order valence-electron chi connectivity index (χ4n) is 1.49. The van der Waals surface area contributed by atoms with Gasteiger partial charge in [0.1, 0.15) is 5.71 Å². The third-order valence-electron chi connectivity index (χ3n) is 2.17. The van der Waals surface area contributed by atoms with E-state index in [-0.39, 0.29) is 0 Å². The Kier molecular flexibility index (Phi) is 1.92. The summed E-state index contributed by atoms with van der Waals surface area (Å²) in [5.41, 5.74) is 0.311. The van der Waals surface area contributed by atoms with Gasteiger partial charge < -0.3 is 5.11 Å². The number of allylic oxidation sites excluding steroid dienone is 1. The molecular formula is C8H9NO2S. The van der Waals surface area contributed by atoms with Gasteiger partial charge in [0.05, 0.1) is 0 Å². The van der Waals surface area contributed by atoms with Crippen molar-refractivity contribution in [3.63, 3.8) is 0 Å². The molecule has 0 aliphatic carbocycles. The van der Waals surface area contributed by atoms with E-state index in [1.807, 2.05) is 0 Å². The van der Waals surface area contributed by atoms with Gasteiger partial charge in [0.2, 0.25) is 0 Å². The van der Waals surface area contributed by atoms with Gasteiger partial charge in [-0.25, -0.2) is 4.79 Å². The molecule has 64 valence electrons. The molecule has 3 nitrogen and oxygen atoms in total. The first-order chi connectivity index (χ1) is 5.77. The molecule has 2 rings (SSSR count). The van der Waals surface area contributed by atoms with Crippen molar-refractivity contribution >= 4 is 23.4 Å². The van der Waals surface area contributed by atoms with Crippen molar-refractivity contribution in [1.82, 2.24) is 0 Å². The topological polar surface area (TPSA) is 49.7 Å². The molecule has 1 fully saturated rings. The van der Waals surface area contributed by atoms with Gasteiger partial charge in [-0.3, -0.25) is 4.99 Å². The standard InChI is InChI=1S/C8H9NO2S/c10-8(11)6-3-5-1-2-12-7(5)4-9-6/h4-5H,1-3H2,(H,10,11). The van der Waals surface area contributed by atoms with E-state index in [0.717, 1.165) is 12.2 Å². The first-order valence-corrected chi connectivity index (χ1v) is 4.89. The molecule has 0 aromatic heterocycles. The quantitative estimate of drug-likeness (QED) is 0.670. The zero-order valence-electron chi connectivity index (χ0n) is 6.49. The normalized spacial score (nSPS) is 27.5. The second kappa shape index (κ2) is 2.94. The first-order valence-electron chi connectivity index (χ1n) is 3.90. The molecule has 2 aliphatic heterocycles. The van der Waals surface area contributed by atoms with Crippen LogP contribution in [0.15, 0.2) is 16.1 Å². The molecule has 0 radical (unpaired) electrons. The van der Waals surface area contributed by atoms with Gasteiger partial charge in [0.25, 0.3) is 0 Å². The molecule has 2 heterocycles. The number of hydrogen-bond donors (Lipinski definition) is 1. The van der Waals surface area contributed by atoms with Crippen molar-refractivity contribution in [2.75, 3.05) is 5.75 Å². The van der Waals surface area contributed by atoms with E-state index in [0.29, 0.717) is 18.1 Å². The molecule has 0 aromatic rings. The average molecular weight is 183 g/mol. The summed E-state index contributed by atoms with van der Waals surface area (Å²) in [6.45, 7) is 0. The Morgan fingerprint density at radius 1 is 1.75 bits per heavy atom. The molecule has 1 atom stereocenters. The maximum Gasteiger partial charge on any atom is 0.350 e. The van der Waals surface area contributed by atoms with Crippen LogP contribution in [0.25, 0.3) is 0 Å². The van der Waals surface area contributed by atoms with Crippen molar-refractivity contribution < 1.29 is 9.90 Å². The van der Waals surface area contributed by atoms with Crippen LogP contribution < -0.4 is 0 Å². The molecule has 0 bridgehead atoms. The fraction of sp³-hybridized carbons (Fsp3) is 0.500. The van der Waals surface area contributed by atoms with Gasteiger partial charge in [-0.05, 0) is 18.1 Å². The maximum atomic E-state index is 10.6. The predicted octanol–water partition coefficient (Wildman–Crippen LogP) is 1.51. The second-order valence-corrected chi connectivity index (χ2v) is 4.12. The van der Waals surface area contributed by atoms with Crippen LogP contribution in [-0.2, 0) is 4.79 Å². The van der Waals surface area contributed by atoms with Crippen LogP contribution in [0.4, 0.5) is 0 Å². The fourth-order valence-corrected chi connectivity index (χ4v) is 2.70. The minimum Gasteiger partial charge on any atom is -0.477 e. The Hall–Kier alpha value is -0.770. The van der Waals surface area contributed by atoms with Gasteiger partial charge in [0.15, 0.2) is 0 Å². The monoisotopic (exact) mass is 183 g/mol. The highest BCUT2D eigenvalue weighted by molar-refractivity contribution is 8.03. The zero-order chi connectivity index (χ0) is 8.55. The van der Waals surface area contributed by atoms with Crippen LogP contribution in [0.5, 0.6) is 0 Å². The van der Waals surface area contributed by atoms with Gasteiger partial charge in [-0.1, -0.05) is 0 Å². The highest BCUT2D eigenvalue weighted by Gasteiger charge is 2.28. The number of aliphatic carboxylic acids is 1. The molecule has 0 aromatic carbocycles. The Morgan fingerprint density at radius 2 is 2.58 bits per heavy atom. The zero-order valence-corrected chi connectivity index (χ0v) is 7.30. The summed E-state index contributed by atoms with van der Waals surface area (Å²) in [4.78, 5) is 15.7. The van der Waals surface area contributed by atoms with Crippen molar-refractivity contribution in [3.8, 4) is 0 Å². The average Bonchev–Trinajstić information content (AvgIpc) is 2.49. The minimum atomic E-state index is -0.873. The van der Waals surface area contributed by atoms with Crippen LogP contribution in [0, 0.1) is 5.92 Å². The molecule has 2 aliphatic rings. The summed E-state index contributed by atoms with van der Waals surface area (Å²) >= 11 is 1.80. The lowest BCUT2D eigenvalue weighted by atomic mass is 9.97. The summed E-state index contributed by atoms with van der Waals surface area (Å²) in [5, 5.41) is 8.69. The predicted molar refractivity (Wildman–Crippen MR) is 48.3 cm³/mol. The lowest BCUT2D eigenvalue weighted by Gasteiger charge is -2.13. The number of carboxylic acid groups (broad SMARTS) is 1. The largest absolute Gasteiger partial charge is 0.477 e. The summed E-state index contributed by atoms with van der Waals surface area (Å²) in [7, 11) is 0. The third kappa shape index (κ3) is 1.27. The van der Waals surface area contributed by atoms with Crippen molar-refractivity contribution in [2.24, 2.45) is 10.9 Å². The SMILES string of the molecule is O=C(O)C1=NC=C2SCCC2C1. The van der Waals surface area contributed by atoms with Gasteiger partial charge in [-0.2, -0.15) is 0 Å². The Morgan fingerprint density at radius 3 is 3.33 bits per heavy atom. The molecule has 4 heteroatoms. The summed E-state index contributed by atoms with van der Waals surface area (Å²) in [5.74, 6) is 0.680. The smallest absolute Gasteiger partial charge is 0.350 e. The number of fused-ring (bicyclic) bond motifs is 1.